The van der Waals surface area contributed by atoms with Gasteiger partial charge in [0.05, 0.1) is 0 Å². The van der Waals surface area contributed by atoms with Gasteiger partial charge in [-0.3, -0.25) is 4.90 Å². The molecule has 1 saturated heterocycles. The van der Waals surface area contributed by atoms with E-state index in [9.17, 15) is 8.78 Å². The Kier molecular flexibility index (Phi) is 4.07. The van der Waals surface area contributed by atoms with Crippen LogP contribution in [0.2, 0.25) is 0 Å². The first kappa shape index (κ1) is 12.5. The summed E-state index contributed by atoms with van der Waals surface area (Å²) in [6.45, 7) is 8.04. The smallest absolute Gasteiger partial charge is 0.159 e. The first-order valence-electron chi connectivity index (χ1n) is 6.07. The van der Waals surface area contributed by atoms with Gasteiger partial charge in [-0.15, -0.1) is 0 Å². The maximum Gasteiger partial charge on any atom is 0.159 e. The predicted octanol–water partition coefficient (Wildman–Crippen LogP) is 2.10. The summed E-state index contributed by atoms with van der Waals surface area (Å²) in [6.07, 6.45) is 0. The molecule has 0 bridgehead atoms. The maximum atomic E-state index is 13.0. The zero-order chi connectivity index (χ0) is 12.3. The van der Waals surface area contributed by atoms with E-state index in [1.165, 1.54) is 12.1 Å². The van der Waals surface area contributed by atoms with Gasteiger partial charge in [0.15, 0.2) is 11.6 Å². The number of nitrogens with zero attached hydrogens (tertiary/aromatic N) is 2. The average molecular weight is 240 g/mol. The van der Waals surface area contributed by atoms with Gasteiger partial charge >= 0.3 is 0 Å². The van der Waals surface area contributed by atoms with Gasteiger partial charge in [-0.25, -0.2) is 8.78 Å². The molecule has 1 aliphatic heterocycles. The van der Waals surface area contributed by atoms with Gasteiger partial charge in [-0.05, 0) is 24.2 Å². The highest BCUT2D eigenvalue weighted by molar-refractivity contribution is 5.17. The fraction of sp³-hybridized carbons (Fsp3) is 0.538. The molecule has 2 rings (SSSR count). The molecular formula is C13H18F2N2. The summed E-state index contributed by atoms with van der Waals surface area (Å²) in [5.41, 5.74) is 0.842. The van der Waals surface area contributed by atoms with Crippen LogP contribution in [0, 0.1) is 11.6 Å². The van der Waals surface area contributed by atoms with Crippen molar-refractivity contribution in [1.82, 2.24) is 9.80 Å². The molecule has 0 aromatic heterocycles. The van der Waals surface area contributed by atoms with Gasteiger partial charge in [-0.1, -0.05) is 13.0 Å². The van der Waals surface area contributed by atoms with E-state index in [0.717, 1.165) is 38.3 Å². The van der Waals surface area contributed by atoms with Crippen LogP contribution in [-0.4, -0.2) is 42.5 Å². The summed E-state index contributed by atoms with van der Waals surface area (Å²) in [5, 5.41) is 0. The summed E-state index contributed by atoms with van der Waals surface area (Å²) < 4.78 is 25.8. The number of likely N-dealkylation sites (N-methyl/N-ethyl adjacent to an activating group) is 1. The third-order valence-corrected chi connectivity index (χ3v) is 3.30. The van der Waals surface area contributed by atoms with E-state index in [0.29, 0.717) is 6.54 Å². The number of benzene rings is 1. The van der Waals surface area contributed by atoms with Gasteiger partial charge in [0, 0.05) is 32.7 Å². The van der Waals surface area contributed by atoms with E-state index in [-0.39, 0.29) is 0 Å². The first-order valence-corrected chi connectivity index (χ1v) is 6.07. The van der Waals surface area contributed by atoms with Crippen LogP contribution in [0.4, 0.5) is 8.78 Å². The van der Waals surface area contributed by atoms with Crippen molar-refractivity contribution in [2.75, 3.05) is 32.7 Å². The highest BCUT2D eigenvalue weighted by atomic mass is 19.2. The van der Waals surface area contributed by atoms with Crippen LogP contribution < -0.4 is 0 Å². The average Bonchev–Trinajstić information content (AvgIpc) is 2.35. The van der Waals surface area contributed by atoms with E-state index >= 15 is 0 Å². The van der Waals surface area contributed by atoms with Crippen LogP contribution in [0.15, 0.2) is 18.2 Å². The molecule has 2 nitrogen and oxygen atoms in total. The lowest BCUT2D eigenvalue weighted by atomic mass is 10.2. The Labute approximate surface area is 101 Å². The van der Waals surface area contributed by atoms with Gasteiger partial charge in [-0.2, -0.15) is 0 Å². The summed E-state index contributed by atoms with van der Waals surface area (Å²) in [5.74, 6) is -1.53. The summed E-state index contributed by atoms with van der Waals surface area (Å²) in [4.78, 5) is 4.67. The highest BCUT2D eigenvalue weighted by Crippen LogP contribution is 2.12. The Morgan fingerprint density at radius 3 is 2.24 bits per heavy atom. The molecule has 0 radical (unpaired) electrons. The van der Waals surface area contributed by atoms with Gasteiger partial charge in [0.2, 0.25) is 0 Å². The van der Waals surface area contributed by atoms with E-state index in [4.69, 9.17) is 0 Å². The number of piperazine rings is 1. The number of hydrogen-bond acceptors (Lipinski definition) is 2. The second-order valence-electron chi connectivity index (χ2n) is 4.46. The topological polar surface area (TPSA) is 6.48 Å². The molecule has 94 valence electrons. The second kappa shape index (κ2) is 5.56. The van der Waals surface area contributed by atoms with E-state index < -0.39 is 11.6 Å². The fourth-order valence-electron chi connectivity index (χ4n) is 2.16. The molecule has 0 spiro atoms. The van der Waals surface area contributed by atoms with E-state index in [1.807, 2.05) is 0 Å². The van der Waals surface area contributed by atoms with Crippen LogP contribution in [-0.2, 0) is 6.54 Å². The Hall–Kier alpha value is -1.00. The summed E-state index contributed by atoms with van der Waals surface area (Å²) in [6, 6.07) is 4.15. The van der Waals surface area contributed by atoms with Crippen molar-refractivity contribution >= 4 is 0 Å². The zero-order valence-electron chi connectivity index (χ0n) is 10.1. The maximum absolute atomic E-state index is 13.0. The Balaban J connectivity index is 1.91. The molecule has 0 aliphatic carbocycles. The largest absolute Gasteiger partial charge is 0.301 e. The zero-order valence-corrected chi connectivity index (χ0v) is 10.1. The van der Waals surface area contributed by atoms with Crippen LogP contribution in [0.3, 0.4) is 0 Å². The normalized spacial score (nSPS) is 18.5. The number of hydrogen-bond donors (Lipinski definition) is 0. The fourth-order valence-corrected chi connectivity index (χ4v) is 2.16. The van der Waals surface area contributed by atoms with Crippen molar-refractivity contribution < 1.29 is 8.78 Å². The molecule has 1 aromatic carbocycles. The van der Waals surface area contributed by atoms with Gasteiger partial charge < -0.3 is 4.90 Å². The molecule has 0 amide bonds. The van der Waals surface area contributed by atoms with Crippen molar-refractivity contribution in [1.29, 1.82) is 0 Å². The Bertz CT molecular complexity index is 374. The second-order valence-corrected chi connectivity index (χ2v) is 4.46. The predicted molar refractivity (Wildman–Crippen MR) is 63.7 cm³/mol. The summed E-state index contributed by atoms with van der Waals surface area (Å²) in [7, 11) is 0. The van der Waals surface area contributed by atoms with Crippen LogP contribution >= 0.6 is 0 Å². The lowest BCUT2D eigenvalue weighted by Gasteiger charge is -2.34. The van der Waals surface area contributed by atoms with Crippen LogP contribution in [0.25, 0.3) is 0 Å². The third-order valence-electron chi connectivity index (χ3n) is 3.30. The SMILES string of the molecule is CCN1CCN(Cc2ccc(F)c(F)c2)CC1. The Morgan fingerprint density at radius 2 is 1.65 bits per heavy atom. The molecule has 4 heteroatoms. The molecular weight excluding hydrogens is 222 g/mol. The lowest BCUT2D eigenvalue weighted by Crippen LogP contribution is -2.45. The molecule has 0 unspecified atom stereocenters. The highest BCUT2D eigenvalue weighted by Gasteiger charge is 2.15. The van der Waals surface area contributed by atoms with Crippen LogP contribution in [0.5, 0.6) is 0 Å². The minimum Gasteiger partial charge on any atom is -0.301 e. The third kappa shape index (κ3) is 3.23. The van der Waals surface area contributed by atoms with Gasteiger partial charge in [0.1, 0.15) is 0 Å². The molecule has 1 aliphatic rings. The lowest BCUT2D eigenvalue weighted by molar-refractivity contribution is 0.132. The monoisotopic (exact) mass is 240 g/mol. The van der Waals surface area contributed by atoms with Crippen molar-refractivity contribution in [2.45, 2.75) is 13.5 Å². The molecule has 17 heavy (non-hydrogen) atoms. The molecule has 0 N–H and O–H groups in total. The minimum absolute atomic E-state index is 0.703. The van der Waals surface area contributed by atoms with Gasteiger partial charge in [0.25, 0.3) is 0 Å². The standard InChI is InChI=1S/C13H18F2N2/c1-2-16-5-7-17(8-6-16)10-11-3-4-12(14)13(15)9-11/h3-4,9H,2,5-8,10H2,1H3. The Morgan fingerprint density at radius 1 is 1.00 bits per heavy atom. The molecule has 1 heterocycles. The quantitative estimate of drug-likeness (QED) is 0.798. The molecule has 0 atom stereocenters. The van der Waals surface area contributed by atoms with Crippen LogP contribution in [0.1, 0.15) is 12.5 Å². The van der Waals surface area contributed by atoms with Crippen molar-refractivity contribution in [3.05, 3.63) is 35.4 Å². The van der Waals surface area contributed by atoms with Crippen molar-refractivity contribution in [2.24, 2.45) is 0 Å². The van der Waals surface area contributed by atoms with Crippen molar-refractivity contribution in [3.8, 4) is 0 Å². The molecule has 1 aromatic rings. The van der Waals surface area contributed by atoms with Crippen molar-refractivity contribution in [3.63, 3.8) is 0 Å². The minimum atomic E-state index is -0.774. The molecule has 1 fully saturated rings. The number of rotatable bonds is 3. The summed E-state index contributed by atoms with van der Waals surface area (Å²) >= 11 is 0. The van der Waals surface area contributed by atoms with E-state index in [2.05, 4.69) is 16.7 Å². The molecule has 0 saturated carbocycles. The van der Waals surface area contributed by atoms with E-state index in [1.54, 1.807) is 6.07 Å². The first-order chi connectivity index (χ1) is 8.19. The number of halogens is 2.